The van der Waals surface area contributed by atoms with E-state index in [4.69, 9.17) is 0 Å². The van der Waals surface area contributed by atoms with Crippen LogP contribution in [0.2, 0.25) is 0 Å². The predicted octanol–water partition coefficient (Wildman–Crippen LogP) is 2.81. The van der Waals surface area contributed by atoms with Crippen molar-refractivity contribution in [1.29, 1.82) is 0 Å². The van der Waals surface area contributed by atoms with Crippen LogP contribution in [0.3, 0.4) is 0 Å². The molecule has 116 valence electrons. The van der Waals surface area contributed by atoms with Crippen LogP contribution in [0.15, 0.2) is 24.3 Å². The zero-order valence-electron chi connectivity index (χ0n) is 13.0. The van der Waals surface area contributed by atoms with Gasteiger partial charge in [-0.1, -0.05) is 19.1 Å². The van der Waals surface area contributed by atoms with Gasteiger partial charge in [-0.25, -0.2) is 4.39 Å². The minimum absolute atomic E-state index is 0.0296. The minimum Gasteiger partial charge on any atom is -0.305 e. The van der Waals surface area contributed by atoms with Crippen molar-refractivity contribution in [1.82, 2.24) is 9.80 Å². The quantitative estimate of drug-likeness (QED) is 0.780. The first-order chi connectivity index (χ1) is 10.1. The maximum Gasteiger partial charge on any atom is 0.164 e. The molecule has 1 fully saturated rings. The van der Waals surface area contributed by atoms with Gasteiger partial charge in [-0.15, -0.1) is 0 Å². The van der Waals surface area contributed by atoms with E-state index in [9.17, 15) is 9.18 Å². The van der Waals surface area contributed by atoms with Gasteiger partial charge in [0.25, 0.3) is 0 Å². The average molecular weight is 292 g/mol. The molecule has 0 N–H and O–H groups in total. The third-order valence-electron chi connectivity index (χ3n) is 4.27. The number of nitrogens with zero attached hydrogens (tertiary/aromatic N) is 2. The topological polar surface area (TPSA) is 23.6 Å². The maximum absolute atomic E-state index is 13.2. The number of halogens is 1. The molecule has 1 unspecified atom stereocenters. The Labute approximate surface area is 126 Å². The smallest absolute Gasteiger partial charge is 0.164 e. The van der Waals surface area contributed by atoms with Crippen LogP contribution in [0.1, 0.15) is 36.5 Å². The minimum atomic E-state index is -0.344. The Bertz CT molecular complexity index is 478. The lowest BCUT2D eigenvalue weighted by atomic mass is 10.1. The van der Waals surface area contributed by atoms with Crippen LogP contribution in [-0.2, 0) is 0 Å². The van der Waals surface area contributed by atoms with Gasteiger partial charge < -0.3 is 4.90 Å². The van der Waals surface area contributed by atoms with Crippen LogP contribution in [0.5, 0.6) is 0 Å². The number of likely N-dealkylation sites (N-methyl/N-ethyl adjacent to an activating group) is 1. The lowest BCUT2D eigenvalue weighted by Crippen LogP contribution is -2.40. The zero-order valence-corrected chi connectivity index (χ0v) is 13.0. The summed E-state index contributed by atoms with van der Waals surface area (Å²) in [5.74, 6) is -0.314. The number of hydrogen-bond donors (Lipinski definition) is 0. The molecule has 1 heterocycles. The molecule has 1 aromatic rings. The fraction of sp³-hybridized carbons (Fsp3) is 0.588. The maximum atomic E-state index is 13.2. The zero-order chi connectivity index (χ0) is 15.2. The number of ketones is 1. The Kier molecular flexibility index (Phi) is 5.88. The highest BCUT2D eigenvalue weighted by molar-refractivity contribution is 5.96. The molecule has 0 spiro atoms. The van der Waals surface area contributed by atoms with E-state index >= 15 is 0 Å². The normalized spacial score (nSPS) is 21.2. The fourth-order valence-electron chi connectivity index (χ4n) is 3.03. The van der Waals surface area contributed by atoms with E-state index in [1.807, 2.05) is 0 Å². The number of benzene rings is 1. The van der Waals surface area contributed by atoms with Crippen LogP contribution >= 0.6 is 0 Å². The Morgan fingerprint density at radius 1 is 1.38 bits per heavy atom. The molecule has 0 amide bonds. The molecule has 0 aromatic heterocycles. The number of carbonyl (C=O) groups is 1. The lowest BCUT2D eigenvalue weighted by molar-refractivity contribution is 0.0947. The van der Waals surface area contributed by atoms with Gasteiger partial charge in [-0.05, 0) is 45.1 Å². The lowest BCUT2D eigenvalue weighted by Gasteiger charge is -2.29. The average Bonchev–Trinajstić information content (AvgIpc) is 2.65. The highest BCUT2D eigenvalue weighted by Gasteiger charge is 2.22. The van der Waals surface area contributed by atoms with Crippen molar-refractivity contribution in [2.45, 2.75) is 32.2 Å². The van der Waals surface area contributed by atoms with E-state index in [-0.39, 0.29) is 11.6 Å². The molecule has 0 radical (unpaired) electrons. The van der Waals surface area contributed by atoms with E-state index in [2.05, 4.69) is 23.8 Å². The van der Waals surface area contributed by atoms with Gasteiger partial charge in [0.2, 0.25) is 0 Å². The molecule has 0 aliphatic carbocycles. The van der Waals surface area contributed by atoms with Crippen LogP contribution in [0, 0.1) is 5.82 Å². The Morgan fingerprint density at radius 2 is 2.19 bits per heavy atom. The molecule has 1 aliphatic heterocycles. The molecular formula is C17H25FN2O. The Hall–Kier alpha value is -1.26. The van der Waals surface area contributed by atoms with Gasteiger partial charge >= 0.3 is 0 Å². The van der Waals surface area contributed by atoms with Gasteiger partial charge in [0.15, 0.2) is 5.78 Å². The van der Waals surface area contributed by atoms with Crippen LogP contribution in [-0.4, -0.2) is 54.9 Å². The first-order valence-electron chi connectivity index (χ1n) is 7.81. The summed E-state index contributed by atoms with van der Waals surface area (Å²) < 4.78 is 13.2. The van der Waals surface area contributed by atoms with Crippen molar-refractivity contribution >= 4 is 5.78 Å². The number of carbonyl (C=O) groups excluding carboxylic acids is 1. The SMILES string of the molecule is CCC1CN(C)CCCN1CCC(=O)c1cccc(F)c1. The standard InChI is InChI=1S/C17H25FN2O/c1-3-16-13-19(2)9-5-10-20(16)11-8-17(21)14-6-4-7-15(18)12-14/h4,6-7,12,16H,3,5,8-11,13H2,1-2H3. The molecule has 2 rings (SSSR count). The molecule has 0 saturated carbocycles. The Balaban J connectivity index is 1.93. The van der Waals surface area contributed by atoms with E-state index in [0.29, 0.717) is 18.0 Å². The highest BCUT2D eigenvalue weighted by Crippen LogP contribution is 2.14. The summed E-state index contributed by atoms with van der Waals surface area (Å²) in [5.41, 5.74) is 0.481. The summed E-state index contributed by atoms with van der Waals surface area (Å²) in [4.78, 5) is 17.0. The first kappa shape index (κ1) is 16.1. The second kappa shape index (κ2) is 7.66. The van der Waals surface area contributed by atoms with Crippen molar-refractivity contribution in [3.05, 3.63) is 35.6 Å². The summed E-state index contributed by atoms with van der Waals surface area (Å²) in [7, 11) is 2.16. The molecule has 4 heteroatoms. The number of rotatable bonds is 5. The second-order valence-electron chi connectivity index (χ2n) is 5.90. The van der Waals surface area contributed by atoms with Crippen molar-refractivity contribution in [2.24, 2.45) is 0 Å². The summed E-state index contributed by atoms with van der Waals surface area (Å²) in [5, 5.41) is 0. The Morgan fingerprint density at radius 3 is 2.90 bits per heavy atom. The fourth-order valence-corrected chi connectivity index (χ4v) is 3.03. The summed E-state index contributed by atoms with van der Waals surface area (Å²) >= 11 is 0. The van der Waals surface area contributed by atoms with E-state index in [1.165, 1.54) is 12.1 Å². The van der Waals surface area contributed by atoms with Gasteiger partial charge in [-0.2, -0.15) is 0 Å². The molecule has 1 aromatic carbocycles. The van der Waals surface area contributed by atoms with Crippen molar-refractivity contribution in [3.63, 3.8) is 0 Å². The highest BCUT2D eigenvalue weighted by atomic mass is 19.1. The van der Waals surface area contributed by atoms with Crippen LogP contribution in [0.25, 0.3) is 0 Å². The van der Waals surface area contributed by atoms with Crippen molar-refractivity contribution < 1.29 is 9.18 Å². The summed E-state index contributed by atoms with van der Waals surface area (Å²) in [6.45, 7) is 6.18. The molecule has 1 atom stereocenters. The second-order valence-corrected chi connectivity index (χ2v) is 5.90. The largest absolute Gasteiger partial charge is 0.305 e. The molecule has 21 heavy (non-hydrogen) atoms. The monoisotopic (exact) mass is 292 g/mol. The molecule has 1 aliphatic rings. The molecule has 3 nitrogen and oxygen atoms in total. The van der Waals surface area contributed by atoms with Crippen molar-refractivity contribution in [2.75, 3.05) is 33.2 Å². The first-order valence-corrected chi connectivity index (χ1v) is 7.81. The van der Waals surface area contributed by atoms with E-state index in [0.717, 1.165) is 39.0 Å². The molecular weight excluding hydrogens is 267 g/mol. The third-order valence-corrected chi connectivity index (χ3v) is 4.27. The van der Waals surface area contributed by atoms with Gasteiger partial charge in [0.1, 0.15) is 5.82 Å². The van der Waals surface area contributed by atoms with E-state index in [1.54, 1.807) is 12.1 Å². The van der Waals surface area contributed by atoms with Crippen LogP contribution in [0.4, 0.5) is 4.39 Å². The van der Waals surface area contributed by atoms with Gasteiger partial charge in [0, 0.05) is 31.1 Å². The number of Topliss-reactive ketones (excluding diaryl/α,β-unsaturated/α-hetero) is 1. The van der Waals surface area contributed by atoms with Crippen LogP contribution < -0.4 is 0 Å². The summed E-state index contributed by atoms with van der Waals surface area (Å²) in [6, 6.07) is 6.50. The van der Waals surface area contributed by atoms with Gasteiger partial charge in [-0.3, -0.25) is 9.69 Å². The van der Waals surface area contributed by atoms with E-state index < -0.39 is 0 Å². The molecule has 1 saturated heterocycles. The van der Waals surface area contributed by atoms with Crippen molar-refractivity contribution in [3.8, 4) is 0 Å². The number of hydrogen-bond acceptors (Lipinski definition) is 3. The van der Waals surface area contributed by atoms with Gasteiger partial charge in [0.05, 0.1) is 0 Å². The predicted molar refractivity (Wildman–Crippen MR) is 83.1 cm³/mol. The molecule has 0 bridgehead atoms. The summed E-state index contributed by atoms with van der Waals surface area (Å²) in [6.07, 6.45) is 2.70. The third kappa shape index (κ3) is 4.61.